The summed E-state index contributed by atoms with van der Waals surface area (Å²) in [5.41, 5.74) is 9.92. The van der Waals surface area contributed by atoms with Gasteiger partial charge >= 0.3 is 0 Å². The zero-order chi connectivity index (χ0) is 21.8. The van der Waals surface area contributed by atoms with Crippen molar-refractivity contribution in [2.75, 3.05) is 43.4 Å². The topological polar surface area (TPSA) is 74.5 Å². The Labute approximate surface area is 181 Å². The first-order valence-corrected chi connectivity index (χ1v) is 10.3. The van der Waals surface area contributed by atoms with Crippen LogP contribution in [0.25, 0.3) is 0 Å². The van der Waals surface area contributed by atoms with Crippen molar-refractivity contribution in [3.63, 3.8) is 0 Å². The Morgan fingerprint density at radius 1 is 1.06 bits per heavy atom. The predicted molar refractivity (Wildman–Crippen MR) is 121 cm³/mol. The second-order valence-corrected chi connectivity index (χ2v) is 7.87. The van der Waals surface area contributed by atoms with E-state index in [2.05, 4.69) is 39.3 Å². The summed E-state index contributed by atoms with van der Waals surface area (Å²) in [4.78, 5) is 20.8. The first-order chi connectivity index (χ1) is 15.0. The number of hydrogen-bond acceptors (Lipinski definition) is 5. The third-order valence-corrected chi connectivity index (χ3v) is 5.49. The van der Waals surface area contributed by atoms with Gasteiger partial charge in [0.2, 0.25) is 0 Å². The molecule has 4 rings (SSSR count). The number of nitrogens with one attached hydrogen (secondary N) is 1. The summed E-state index contributed by atoms with van der Waals surface area (Å²) in [5, 5.41) is 3.26. The fraction of sp³-hybridized carbons (Fsp3) is 0.250. The molecule has 1 saturated heterocycles. The monoisotopic (exact) mass is 419 g/mol. The van der Waals surface area contributed by atoms with E-state index in [1.54, 1.807) is 12.3 Å². The average Bonchev–Trinajstić information content (AvgIpc) is 2.75. The molecule has 0 atom stereocenters. The summed E-state index contributed by atoms with van der Waals surface area (Å²) in [6.07, 6.45) is 2.10. The number of aromatic nitrogens is 1. The highest BCUT2D eigenvalue weighted by atomic mass is 19.1. The van der Waals surface area contributed by atoms with Gasteiger partial charge in [0, 0.05) is 43.8 Å². The van der Waals surface area contributed by atoms with Crippen molar-refractivity contribution < 1.29 is 9.18 Å². The predicted octanol–water partition coefficient (Wildman–Crippen LogP) is 3.41. The molecule has 0 aliphatic carbocycles. The normalized spacial score (nSPS) is 14.5. The molecule has 0 bridgehead atoms. The smallest absolute Gasteiger partial charge is 0.269 e. The molecule has 1 aliphatic heterocycles. The first kappa shape index (κ1) is 20.8. The first-order valence-electron chi connectivity index (χ1n) is 10.3. The van der Waals surface area contributed by atoms with Crippen molar-refractivity contribution >= 4 is 23.0 Å². The second kappa shape index (κ2) is 9.14. The number of nitrogens with zero attached hydrogens (tertiary/aromatic N) is 3. The minimum Gasteiger partial charge on any atom is -0.369 e. The van der Waals surface area contributed by atoms with Crippen LogP contribution in [-0.4, -0.2) is 49.0 Å². The van der Waals surface area contributed by atoms with Crippen molar-refractivity contribution in [2.24, 2.45) is 5.73 Å². The number of pyridine rings is 1. The summed E-state index contributed by atoms with van der Waals surface area (Å²) in [5.74, 6) is -0.883. The van der Waals surface area contributed by atoms with E-state index in [0.717, 1.165) is 43.0 Å². The molecule has 2 heterocycles. The lowest BCUT2D eigenvalue weighted by Gasteiger charge is -2.34. The van der Waals surface area contributed by atoms with Crippen molar-refractivity contribution in [1.82, 2.24) is 9.88 Å². The summed E-state index contributed by atoms with van der Waals surface area (Å²) in [6.45, 7) is 4.10. The zero-order valence-electron chi connectivity index (χ0n) is 17.5. The molecule has 3 N–H and O–H groups in total. The molecule has 1 aromatic heterocycles. The maximum absolute atomic E-state index is 13.5. The highest BCUT2D eigenvalue weighted by Crippen LogP contribution is 2.25. The maximum atomic E-state index is 13.5. The van der Waals surface area contributed by atoms with Crippen LogP contribution in [-0.2, 0) is 6.42 Å². The van der Waals surface area contributed by atoms with E-state index in [0.29, 0.717) is 12.1 Å². The van der Waals surface area contributed by atoms with Gasteiger partial charge in [-0.1, -0.05) is 12.1 Å². The van der Waals surface area contributed by atoms with Crippen LogP contribution in [0.15, 0.2) is 60.8 Å². The molecule has 1 amide bonds. The lowest BCUT2D eigenvalue weighted by atomic mass is 10.1. The molecule has 0 unspecified atom stereocenters. The second-order valence-electron chi connectivity index (χ2n) is 7.87. The van der Waals surface area contributed by atoms with Gasteiger partial charge in [0.15, 0.2) is 5.69 Å². The van der Waals surface area contributed by atoms with Crippen molar-refractivity contribution in [3.05, 3.63) is 83.4 Å². The van der Waals surface area contributed by atoms with Crippen molar-refractivity contribution in [3.8, 4) is 0 Å². The lowest BCUT2D eigenvalue weighted by Crippen LogP contribution is -2.44. The number of amides is 1. The minimum absolute atomic E-state index is 0.172. The van der Waals surface area contributed by atoms with Crippen LogP contribution in [0.2, 0.25) is 0 Å². The number of likely N-dealkylation sites (N-methyl/N-ethyl adjacent to an activating group) is 1. The molecular weight excluding hydrogens is 393 g/mol. The fourth-order valence-corrected chi connectivity index (χ4v) is 3.75. The van der Waals surface area contributed by atoms with Crippen LogP contribution in [0.1, 0.15) is 21.6 Å². The molecule has 3 aromatic rings. The largest absolute Gasteiger partial charge is 0.369 e. The summed E-state index contributed by atoms with van der Waals surface area (Å²) >= 11 is 0. The number of benzene rings is 2. The quantitative estimate of drug-likeness (QED) is 0.641. The minimum atomic E-state index is -0.603. The van der Waals surface area contributed by atoms with Gasteiger partial charge in [-0.25, -0.2) is 9.37 Å². The van der Waals surface area contributed by atoms with Gasteiger partial charge in [-0.3, -0.25) is 4.79 Å². The van der Waals surface area contributed by atoms with Gasteiger partial charge in [-0.15, -0.1) is 0 Å². The van der Waals surface area contributed by atoms with Gasteiger partial charge in [-0.2, -0.15) is 0 Å². The van der Waals surface area contributed by atoms with Gasteiger partial charge in [0.1, 0.15) is 5.82 Å². The third kappa shape index (κ3) is 5.19. The number of carbonyl (C=O) groups is 1. The number of halogens is 1. The van der Waals surface area contributed by atoms with E-state index in [-0.39, 0.29) is 11.5 Å². The van der Waals surface area contributed by atoms with Crippen LogP contribution in [0.3, 0.4) is 0 Å². The Kier molecular flexibility index (Phi) is 6.13. The van der Waals surface area contributed by atoms with Crippen LogP contribution in [0.5, 0.6) is 0 Å². The highest BCUT2D eigenvalue weighted by molar-refractivity contribution is 5.97. The van der Waals surface area contributed by atoms with E-state index in [1.165, 1.54) is 17.8 Å². The number of nitrogens with two attached hydrogens (primary N) is 1. The number of primary amides is 1. The van der Waals surface area contributed by atoms with E-state index in [4.69, 9.17) is 5.73 Å². The van der Waals surface area contributed by atoms with Crippen LogP contribution >= 0.6 is 0 Å². The van der Waals surface area contributed by atoms with Crippen molar-refractivity contribution in [2.45, 2.75) is 6.42 Å². The van der Waals surface area contributed by atoms with Crippen molar-refractivity contribution in [1.29, 1.82) is 0 Å². The van der Waals surface area contributed by atoms with E-state index < -0.39 is 5.91 Å². The maximum Gasteiger partial charge on any atom is 0.269 e. The Morgan fingerprint density at radius 3 is 2.48 bits per heavy atom. The van der Waals surface area contributed by atoms with Crippen LogP contribution in [0.4, 0.5) is 21.5 Å². The molecule has 2 aromatic carbocycles. The SMILES string of the molecule is CN1CCN(c2ccc(Nc3cc(Cc4cccc(F)c4)cnc3C(N)=O)cc2)CC1. The van der Waals surface area contributed by atoms with Gasteiger partial charge < -0.3 is 20.9 Å². The number of rotatable bonds is 6. The Bertz CT molecular complexity index is 1060. The summed E-state index contributed by atoms with van der Waals surface area (Å²) in [7, 11) is 2.14. The molecule has 0 spiro atoms. The van der Waals surface area contributed by atoms with Crippen LogP contribution < -0.4 is 16.0 Å². The van der Waals surface area contributed by atoms with E-state index in [9.17, 15) is 9.18 Å². The molecule has 1 aliphatic rings. The number of hydrogen-bond donors (Lipinski definition) is 2. The zero-order valence-corrected chi connectivity index (χ0v) is 17.5. The molecule has 0 radical (unpaired) electrons. The van der Waals surface area contributed by atoms with E-state index in [1.807, 2.05) is 24.3 Å². The molecule has 31 heavy (non-hydrogen) atoms. The van der Waals surface area contributed by atoms with Gasteiger partial charge in [0.05, 0.1) is 5.69 Å². The lowest BCUT2D eigenvalue weighted by molar-refractivity contribution is 0.0996. The van der Waals surface area contributed by atoms with Gasteiger partial charge in [-0.05, 0) is 67.1 Å². The number of piperazine rings is 1. The molecule has 160 valence electrons. The Morgan fingerprint density at radius 2 is 1.81 bits per heavy atom. The van der Waals surface area contributed by atoms with Gasteiger partial charge in [0.25, 0.3) is 5.91 Å². The summed E-state index contributed by atoms with van der Waals surface area (Å²) < 4.78 is 13.5. The third-order valence-electron chi connectivity index (χ3n) is 5.49. The number of carbonyl (C=O) groups excluding carboxylic acids is 1. The fourth-order valence-electron chi connectivity index (χ4n) is 3.75. The molecule has 6 nitrogen and oxygen atoms in total. The Hall–Kier alpha value is -3.45. The average molecular weight is 420 g/mol. The Balaban J connectivity index is 1.53. The molecule has 0 saturated carbocycles. The summed E-state index contributed by atoms with van der Waals surface area (Å²) in [6, 6.07) is 16.4. The highest BCUT2D eigenvalue weighted by Gasteiger charge is 2.15. The number of anilines is 3. The molecular formula is C24H26FN5O. The van der Waals surface area contributed by atoms with Crippen LogP contribution in [0, 0.1) is 5.82 Å². The van der Waals surface area contributed by atoms with E-state index >= 15 is 0 Å². The molecule has 1 fully saturated rings. The standard InChI is InChI=1S/C24H26FN5O/c1-29-9-11-30(12-10-29)21-7-5-20(6-8-21)28-22-15-18(16-27-23(22)24(26)31)13-17-3-2-4-19(25)14-17/h2-8,14-16,28H,9-13H2,1H3,(H2,26,31). The molecule has 7 heteroatoms.